The summed E-state index contributed by atoms with van der Waals surface area (Å²) in [5.41, 5.74) is 18.8. The van der Waals surface area contributed by atoms with Crippen LogP contribution in [-0.4, -0.2) is 4.57 Å². The van der Waals surface area contributed by atoms with Crippen LogP contribution in [0.4, 0.5) is 0 Å². The third-order valence-corrected chi connectivity index (χ3v) is 16.0. The maximum absolute atomic E-state index is 2.57. The van der Waals surface area contributed by atoms with Crippen molar-refractivity contribution >= 4 is 64.1 Å². The normalized spacial score (nSPS) is 14.7. The van der Waals surface area contributed by atoms with Crippen molar-refractivity contribution in [1.29, 1.82) is 0 Å². The first-order valence-electron chi connectivity index (χ1n) is 21.7. The minimum atomic E-state index is -0.551. The number of hydrogen-bond donors (Lipinski definition) is 0. The van der Waals surface area contributed by atoms with Gasteiger partial charge in [-0.3, -0.25) is 0 Å². The third-order valence-electron chi connectivity index (χ3n) is 14.9. The molecular formula is C60H35NS. The summed E-state index contributed by atoms with van der Waals surface area (Å²) in [6, 6.07) is 81.0. The number of nitrogens with zero attached hydrogens (tertiary/aromatic N) is 1. The summed E-state index contributed by atoms with van der Waals surface area (Å²) in [7, 11) is 0. The van der Waals surface area contributed by atoms with Crippen LogP contribution in [0.2, 0.25) is 0 Å². The van der Waals surface area contributed by atoms with E-state index in [1.807, 2.05) is 11.3 Å². The highest BCUT2D eigenvalue weighted by molar-refractivity contribution is 7.25. The maximum Gasteiger partial charge on any atom is 0.0720 e. The molecule has 3 aliphatic rings. The highest BCUT2D eigenvalue weighted by atomic mass is 32.1. The first kappa shape index (κ1) is 33.2. The van der Waals surface area contributed by atoms with Crippen molar-refractivity contribution in [3.63, 3.8) is 0 Å². The van der Waals surface area contributed by atoms with Crippen LogP contribution in [0.25, 0.3) is 80.7 Å². The standard InChI is InChI=1S/C60H35NS/c1-2-16-38-36(15-1)29-31-43-57-53(61(58(38)43)37-30-34-55-44(35-37)41-19-6-14-28-54(41)62-55)33-32-52-56(57)42-20-5-9-23-47(42)60(52)50-26-12-10-24-48(50)59(49-25-11-13-27-51(49)60)45-21-7-3-17-39(45)40-18-4-8-22-46(40)59/h1-35H. The van der Waals surface area contributed by atoms with Gasteiger partial charge in [-0.2, -0.15) is 0 Å². The molecule has 3 aliphatic carbocycles. The molecule has 0 amide bonds. The molecule has 62 heavy (non-hydrogen) atoms. The van der Waals surface area contributed by atoms with Crippen molar-refractivity contribution in [2.75, 3.05) is 0 Å². The molecule has 15 rings (SSSR count). The van der Waals surface area contributed by atoms with E-state index >= 15 is 0 Å². The topological polar surface area (TPSA) is 4.93 Å². The average Bonchev–Trinajstić information content (AvgIpc) is 4.06. The van der Waals surface area contributed by atoms with Crippen LogP contribution in [0, 0.1) is 0 Å². The molecular weight excluding hydrogens is 767 g/mol. The molecule has 0 saturated heterocycles. The minimum absolute atomic E-state index is 0.465. The zero-order valence-electron chi connectivity index (χ0n) is 33.6. The van der Waals surface area contributed by atoms with Crippen molar-refractivity contribution in [3.8, 4) is 27.9 Å². The van der Waals surface area contributed by atoms with Gasteiger partial charge in [-0.15, -0.1) is 11.3 Å². The monoisotopic (exact) mass is 801 g/mol. The summed E-state index contributed by atoms with van der Waals surface area (Å²) in [4.78, 5) is 0. The Morgan fingerprint density at radius 1 is 0.339 bits per heavy atom. The molecule has 0 bridgehead atoms. The second-order valence-corrected chi connectivity index (χ2v) is 18.5. The van der Waals surface area contributed by atoms with E-state index in [1.165, 1.54) is 125 Å². The highest BCUT2D eigenvalue weighted by Crippen LogP contribution is 2.68. The molecule has 0 N–H and O–H groups in total. The van der Waals surface area contributed by atoms with Gasteiger partial charge in [0.05, 0.1) is 21.9 Å². The zero-order chi connectivity index (χ0) is 40.3. The molecule has 12 aromatic rings. The summed E-state index contributed by atoms with van der Waals surface area (Å²) in [5.74, 6) is 0. The second-order valence-electron chi connectivity index (χ2n) is 17.4. The zero-order valence-corrected chi connectivity index (χ0v) is 34.4. The molecule has 10 aromatic carbocycles. The van der Waals surface area contributed by atoms with E-state index in [1.54, 1.807) is 0 Å². The Morgan fingerprint density at radius 3 is 1.53 bits per heavy atom. The van der Waals surface area contributed by atoms with E-state index in [2.05, 4.69) is 217 Å². The van der Waals surface area contributed by atoms with E-state index in [9.17, 15) is 0 Å². The molecule has 0 fully saturated rings. The van der Waals surface area contributed by atoms with Gasteiger partial charge in [0.1, 0.15) is 0 Å². The fourth-order valence-corrected chi connectivity index (χ4v) is 13.8. The summed E-state index contributed by atoms with van der Waals surface area (Å²) >= 11 is 1.88. The Morgan fingerprint density at radius 2 is 0.855 bits per heavy atom. The van der Waals surface area contributed by atoms with Crippen molar-refractivity contribution in [3.05, 3.63) is 257 Å². The van der Waals surface area contributed by atoms with Gasteiger partial charge in [-0.1, -0.05) is 182 Å². The Balaban J connectivity index is 1.11. The number of benzene rings is 10. The molecule has 286 valence electrons. The smallest absolute Gasteiger partial charge is 0.0720 e. The van der Waals surface area contributed by atoms with Crippen LogP contribution in [-0.2, 0) is 10.8 Å². The minimum Gasteiger partial charge on any atom is -0.309 e. The first-order valence-corrected chi connectivity index (χ1v) is 22.5. The average molecular weight is 802 g/mol. The lowest BCUT2D eigenvalue weighted by Crippen LogP contribution is -2.43. The first-order chi connectivity index (χ1) is 30.8. The second kappa shape index (κ2) is 11.6. The Bertz CT molecular complexity index is 3860. The van der Waals surface area contributed by atoms with Gasteiger partial charge >= 0.3 is 0 Å². The van der Waals surface area contributed by atoms with Gasteiger partial charge in [-0.25, -0.2) is 0 Å². The summed E-state index contributed by atoms with van der Waals surface area (Å²) in [5, 5.41) is 7.73. The largest absolute Gasteiger partial charge is 0.309 e. The molecule has 0 saturated carbocycles. The van der Waals surface area contributed by atoms with Gasteiger partial charge < -0.3 is 4.57 Å². The van der Waals surface area contributed by atoms with Gasteiger partial charge in [0.2, 0.25) is 0 Å². The molecule has 0 aliphatic heterocycles. The molecule has 2 heteroatoms. The Hall–Kier alpha value is -7.52. The number of aromatic nitrogens is 1. The molecule has 2 heterocycles. The predicted molar refractivity (Wildman–Crippen MR) is 259 cm³/mol. The number of thiophene rings is 1. The third kappa shape index (κ3) is 3.75. The van der Waals surface area contributed by atoms with Gasteiger partial charge in [-0.05, 0) is 102 Å². The molecule has 1 nitrogen and oxygen atoms in total. The molecule has 0 atom stereocenters. The van der Waals surface area contributed by atoms with Gasteiger partial charge in [0.15, 0.2) is 0 Å². The highest BCUT2D eigenvalue weighted by Gasteiger charge is 2.59. The fraction of sp³-hybridized carbons (Fsp3) is 0.0333. The van der Waals surface area contributed by atoms with E-state index < -0.39 is 10.8 Å². The Kier molecular flexibility index (Phi) is 6.24. The lowest BCUT2D eigenvalue weighted by molar-refractivity contribution is 0.633. The molecule has 2 spiro atoms. The van der Waals surface area contributed by atoms with Crippen molar-refractivity contribution < 1.29 is 0 Å². The lowest BCUT2D eigenvalue weighted by atomic mass is 9.52. The molecule has 0 unspecified atom stereocenters. The van der Waals surface area contributed by atoms with E-state index in [0.29, 0.717) is 0 Å². The summed E-state index contributed by atoms with van der Waals surface area (Å²) < 4.78 is 5.21. The lowest BCUT2D eigenvalue weighted by Gasteiger charge is -2.48. The van der Waals surface area contributed by atoms with Crippen LogP contribution in [0.5, 0.6) is 0 Å². The van der Waals surface area contributed by atoms with Crippen LogP contribution in [0.15, 0.2) is 212 Å². The maximum atomic E-state index is 2.57. The van der Waals surface area contributed by atoms with Crippen LogP contribution in [0.3, 0.4) is 0 Å². The quantitative estimate of drug-likeness (QED) is 0.156. The van der Waals surface area contributed by atoms with E-state index in [4.69, 9.17) is 0 Å². The van der Waals surface area contributed by atoms with Crippen LogP contribution in [0.1, 0.15) is 44.5 Å². The molecule has 0 radical (unpaired) electrons. The van der Waals surface area contributed by atoms with Gasteiger partial charge in [0, 0.05) is 42.0 Å². The van der Waals surface area contributed by atoms with Crippen LogP contribution < -0.4 is 0 Å². The SMILES string of the molecule is c1ccc2c(c1)-c1ccccc1C21c2ccccc2C2(c3ccccc3-c3c2ccc2c3c3ccc4ccccc4c3n2-c2ccc3sc4ccccc4c3c2)c2ccccc21. The summed E-state index contributed by atoms with van der Waals surface area (Å²) in [6.07, 6.45) is 0. The van der Waals surface area contributed by atoms with E-state index in [0.717, 1.165) is 0 Å². The van der Waals surface area contributed by atoms with Crippen molar-refractivity contribution in [2.45, 2.75) is 10.8 Å². The Labute approximate surface area is 362 Å². The number of fused-ring (bicyclic) bond motifs is 25. The number of rotatable bonds is 1. The van der Waals surface area contributed by atoms with E-state index in [-0.39, 0.29) is 0 Å². The predicted octanol–water partition coefficient (Wildman–Crippen LogP) is 15.3. The summed E-state index contributed by atoms with van der Waals surface area (Å²) in [6.45, 7) is 0. The fourth-order valence-electron chi connectivity index (χ4n) is 12.7. The van der Waals surface area contributed by atoms with Gasteiger partial charge in [0.25, 0.3) is 0 Å². The molecule has 2 aromatic heterocycles. The van der Waals surface area contributed by atoms with Crippen LogP contribution >= 0.6 is 11.3 Å². The van der Waals surface area contributed by atoms with Crippen molar-refractivity contribution in [2.24, 2.45) is 0 Å². The number of hydrogen-bond acceptors (Lipinski definition) is 1. The van der Waals surface area contributed by atoms with Crippen molar-refractivity contribution in [1.82, 2.24) is 4.57 Å².